The van der Waals surface area contributed by atoms with Crippen LogP contribution in [0.3, 0.4) is 0 Å². The van der Waals surface area contributed by atoms with Crippen molar-refractivity contribution in [3.63, 3.8) is 0 Å². The zero-order chi connectivity index (χ0) is 18.8. The van der Waals surface area contributed by atoms with Gasteiger partial charge in [-0.1, -0.05) is 6.07 Å². The van der Waals surface area contributed by atoms with Crippen molar-refractivity contribution < 1.29 is 21.6 Å². The fraction of sp³-hybridized carbons (Fsp3) is 0.133. The number of anilines is 2. The molecule has 25 heavy (non-hydrogen) atoms. The minimum Gasteiger partial charge on any atom is -0.326 e. The van der Waals surface area contributed by atoms with Gasteiger partial charge in [0.25, 0.3) is 10.0 Å². The van der Waals surface area contributed by atoms with E-state index in [0.717, 1.165) is 6.07 Å². The summed E-state index contributed by atoms with van der Waals surface area (Å²) in [6.45, 7) is 2.97. The average Bonchev–Trinajstić information content (AvgIpc) is 2.48. The third-order valence-corrected chi connectivity index (χ3v) is 5.56. The maximum absolute atomic E-state index is 12.5. The molecule has 0 fully saturated rings. The van der Waals surface area contributed by atoms with E-state index in [4.69, 9.17) is 5.14 Å². The SMILES string of the molecule is CC(=O)Nc1ccc(S(=O)(=O)Nc2cc(S(N)(=O)=O)ccc2C)cc1. The van der Waals surface area contributed by atoms with E-state index in [1.165, 1.54) is 43.3 Å². The summed E-state index contributed by atoms with van der Waals surface area (Å²) in [7, 11) is -7.90. The van der Waals surface area contributed by atoms with Crippen molar-refractivity contribution in [2.75, 3.05) is 10.0 Å². The molecule has 2 aromatic carbocycles. The molecule has 0 bridgehead atoms. The van der Waals surface area contributed by atoms with Gasteiger partial charge >= 0.3 is 0 Å². The molecule has 4 N–H and O–H groups in total. The van der Waals surface area contributed by atoms with E-state index in [-0.39, 0.29) is 21.4 Å². The molecular formula is C15H17N3O5S2. The molecule has 2 rings (SSSR count). The first-order valence-corrected chi connectivity index (χ1v) is 10.1. The second kappa shape index (κ2) is 6.82. The molecule has 8 nitrogen and oxygen atoms in total. The number of sulfonamides is 2. The molecule has 2 aromatic rings. The summed E-state index contributed by atoms with van der Waals surface area (Å²) in [5.74, 6) is -0.274. The molecule has 0 radical (unpaired) electrons. The van der Waals surface area contributed by atoms with Crippen molar-refractivity contribution in [1.29, 1.82) is 0 Å². The molecule has 0 saturated carbocycles. The Balaban J connectivity index is 2.34. The lowest BCUT2D eigenvalue weighted by Gasteiger charge is -2.12. The van der Waals surface area contributed by atoms with Crippen LogP contribution < -0.4 is 15.2 Å². The van der Waals surface area contributed by atoms with Crippen LogP contribution in [0.5, 0.6) is 0 Å². The van der Waals surface area contributed by atoms with E-state index < -0.39 is 20.0 Å². The summed E-state index contributed by atoms with van der Waals surface area (Å²) in [4.78, 5) is 10.7. The van der Waals surface area contributed by atoms with Gasteiger partial charge in [0.05, 0.1) is 15.5 Å². The van der Waals surface area contributed by atoms with Gasteiger partial charge in [0.1, 0.15) is 0 Å². The summed E-state index contributed by atoms with van der Waals surface area (Å²) in [6.07, 6.45) is 0. The predicted molar refractivity (Wildman–Crippen MR) is 94.1 cm³/mol. The molecule has 1 amide bonds. The number of nitrogens with one attached hydrogen (secondary N) is 2. The Morgan fingerprint density at radius 2 is 1.52 bits per heavy atom. The highest BCUT2D eigenvalue weighted by atomic mass is 32.2. The van der Waals surface area contributed by atoms with Crippen LogP contribution >= 0.6 is 0 Å². The Bertz CT molecular complexity index is 1010. The quantitative estimate of drug-likeness (QED) is 0.717. The molecule has 0 atom stereocenters. The van der Waals surface area contributed by atoms with Crippen LogP contribution in [0.2, 0.25) is 0 Å². The largest absolute Gasteiger partial charge is 0.326 e. The Morgan fingerprint density at radius 1 is 0.960 bits per heavy atom. The van der Waals surface area contributed by atoms with Gasteiger partial charge in [0.2, 0.25) is 15.9 Å². The Hall–Kier alpha value is -2.43. The molecule has 0 heterocycles. The highest BCUT2D eigenvalue weighted by molar-refractivity contribution is 7.92. The second-order valence-corrected chi connectivity index (χ2v) is 8.58. The molecule has 0 aliphatic carbocycles. The second-order valence-electron chi connectivity index (χ2n) is 5.33. The number of hydrogen-bond acceptors (Lipinski definition) is 5. The monoisotopic (exact) mass is 383 g/mol. The van der Waals surface area contributed by atoms with Crippen molar-refractivity contribution in [2.24, 2.45) is 5.14 Å². The zero-order valence-electron chi connectivity index (χ0n) is 13.5. The van der Waals surface area contributed by atoms with Crippen molar-refractivity contribution in [3.05, 3.63) is 48.0 Å². The molecule has 0 aliphatic rings. The van der Waals surface area contributed by atoms with Gasteiger partial charge in [-0.05, 0) is 48.9 Å². The van der Waals surface area contributed by atoms with Gasteiger partial charge in [-0.15, -0.1) is 0 Å². The lowest BCUT2D eigenvalue weighted by Crippen LogP contribution is -2.16. The topological polar surface area (TPSA) is 135 Å². The van der Waals surface area contributed by atoms with Gasteiger partial charge in [-0.2, -0.15) is 0 Å². The number of aryl methyl sites for hydroxylation is 1. The normalized spacial score (nSPS) is 11.8. The first-order chi connectivity index (χ1) is 11.5. The summed E-state index contributed by atoms with van der Waals surface area (Å²) in [5.41, 5.74) is 1.10. The van der Waals surface area contributed by atoms with Gasteiger partial charge in [0.15, 0.2) is 0 Å². The molecular weight excluding hydrogens is 366 g/mol. The fourth-order valence-corrected chi connectivity index (χ4v) is 3.67. The van der Waals surface area contributed by atoms with Crippen LogP contribution in [0, 0.1) is 6.92 Å². The number of rotatable bonds is 5. The predicted octanol–water partition coefficient (Wildman–Crippen LogP) is 1.40. The van der Waals surface area contributed by atoms with Crippen molar-refractivity contribution in [3.8, 4) is 0 Å². The van der Waals surface area contributed by atoms with Gasteiger partial charge in [0, 0.05) is 12.6 Å². The molecule has 0 spiro atoms. The highest BCUT2D eigenvalue weighted by Gasteiger charge is 2.17. The van der Waals surface area contributed by atoms with Crippen molar-refractivity contribution in [2.45, 2.75) is 23.6 Å². The molecule has 0 saturated heterocycles. The van der Waals surface area contributed by atoms with Crippen LogP contribution in [-0.4, -0.2) is 22.7 Å². The summed E-state index contributed by atoms with van der Waals surface area (Å²) in [6, 6.07) is 9.46. The number of carbonyl (C=O) groups excluding carboxylic acids is 1. The van der Waals surface area contributed by atoms with E-state index >= 15 is 0 Å². The first kappa shape index (κ1) is 18.9. The van der Waals surface area contributed by atoms with Gasteiger partial charge < -0.3 is 5.32 Å². The van der Waals surface area contributed by atoms with E-state index in [9.17, 15) is 21.6 Å². The highest BCUT2D eigenvalue weighted by Crippen LogP contribution is 2.23. The number of carbonyl (C=O) groups is 1. The lowest BCUT2D eigenvalue weighted by atomic mass is 10.2. The third-order valence-electron chi connectivity index (χ3n) is 3.27. The first-order valence-electron chi connectivity index (χ1n) is 7.03. The maximum Gasteiger partial charge on any atom is 0.261 e. The van der Waals surface area contributed by atoms with Crippen LogP contribution in [-0.2, 0) is 24.8 Å². The Morgan fingerprint density at radius 3 is 2.04 bits per heavy atom. The maximum atomic E-state index is 12.5. The molecule has 10 heteroatoms. The van der Waals surface area contributed by atoms with Crippen LogP contribution in [0.4, 0.5) is 11.4 Å². The molecule has 0 unspecified atom stereocenters. The fourth-order valence-electron chi connectivity index (χ4n) is 2.01. The number of primary sulfonamides is 1. The van der Waals surface area contributed by atoms with E-state index in [0.29, 0.717) is 11.3 Å². The summed E-state index contributed by atoms with van der Waals surface area (Å²) >= 11 is 0. The number of hydrogen-bond donors (Lipinski definition) is 3. The van der Waals surface area contributed by atoms with E-state index in [1.807, 2.05) is 0 Å². The lowest BCUT2D eigenvalue weighted by molar-refractivity contribution is -0.114. The minimum atomic E-state index is -3.95. The average molecular weight is 383 g/mol. The van der Waals surface area contributed by atoms with Crippen molar-refractivity contribution >= 4 is 37.3 Å². The van der Waals surface area contributed by atoms with E-state index in [1.54, 1.807) is 6.92 Å². The minimum absolute atomic E-state index is 0.0398. The smallest absolute Gasteiger partial charge is 0.261 e. The van der Waals surface area contributed by atoms with Crippen LogP contribution in [0.15, 0.2) is 52.3 Å². The summed E-state index contributed by atoms with van der Waals surface area (Å²) < 4.78 is 50.1. The number of benzene rings is 2. The van der Waals surface area contributed by atoms with Gasteiger partial charge in [-0.3, -0.25) is 9.52 Å². The Kier molecular flexibility index (Phi) is 5.16. The van der Waals surface area contributed by atoms with Crippen LogP contribution in [0.25, 0.3) is 0 Å². The number of amides is 1. The van der Waals surface area contributed by atoms with Crippen LogP contribution in [0.1, 0.15) is 12.5 Å². The summed E-state index contributed by atoms with van der Waals surface area (Å²) in [5, 5.41) is 7.60. The van der Waals surface area contributed by atoms with E-state index in [2.05, 4.69) is 10.0 Å². The standard InChI is InChI=1S/C15H17N3O5S2/c1-10-3-6-14(24(16,20)21)9-15(10)18-25(22,23)13-7-4-12(5-8-13)17-11(2)19/h3-9,18H,1-2H3,(H,17,19)(H2,16,20,21). The third kappa shape index (κ3) is 4.78. The van der Waals surface area contributed by atoms with Crippen molar-refractivity contribution in [1.82, 2.24) is 0 Å². The zero-order valence-corrected chi connectivity index (χ0v) is 15.1. The van der Waals surface area contributed by atoms with Gasteiger partial charge in [-0.25, -0.2) is 22.0 Å². The molecule has 0 aliphatic heterocycles. The molecule has 0 aromatic heterocycles. The molecule has 134 valence electrons. The number of nitrogens with two attached hydrogens (primary N) is 1. The Labute approximate surface area is 146 Å².